The Labute approximate surface area is 152 Å². The van der Waals surface area contributed by atoms with E-state index < -0.39 is 11.8 Å². The number of carbonyl (C=O) groups is 2. The maximum absolute atomic E-state index is 12.2. The van der Waals surface area contributed by atoms with Gasteiger partial charge >= 0.3 is 11.8 Å². The van der Waals surface area contributed by atoms with E-state index in [1.807, 2.05) is 32.0 Å². The molecule has 3 rings (SSSR count). The van der Waals surface area contributed by atoms with E-state index in [1.54, 1.807) is 16.9 Å². The molecule has 0 aliphatic carbocycles. The van der Waals surface area contributed by atoms with E-state index in [-0.39, 0.29) is 12.0 Å². The van der Waals surface area contributed by atoms with Gasteiger partial charge in [-0.05, 0) is 30.4 Å². The quantitative estimate of drug-likeness (QED) is 0.807. The molecule has 1 aliphatic heterocycles. The van der Waals surface area contributed by atoms with Gasteiger partial charge in [-0.2, -0.15) is 5.10 Å². The van der Waals surface area contributed by atoms with E-state index in [0.717, 1.165) is 25.0 Å². The second-order valence-corrected chi connectivity index (χ2v) is 6.74. The van der Waals surface area contributed by atoms with Gasteiger partial charge in [0.05, 0.1) is 24.5 Å². The molecule has 1 atom stereocenters. The third-order valence-electron chi connectivity index (χ3n) is 4.34. The van der Waals surface area contributed by atoms with E-state index in [1.165, 1.54) is 6.20 Å². The van der Waals surface area contributed by atoms with Gasteiger partial charge in [0.1, 0.15) is 0 Å². The van der Waals surface area contributed by atoms with Crippen LogP contribution in [0, 0.1) is 0 Å². The monoisotopic (exact) mass is 356 g/mol. The number of benzene rings is 1. The lowest BCUT2D eigenvalue weighted by Crippen LogP contribution is -2.29. The van der Waals surface area contributed by atoms with Crippen molar-refractivity contribution in [3.8, 4) is 0 Å². The van der Waals surface area contributed by atoms with E-state index in [2.05, 4.69) is 15.7 Å². The summed E-state index contributed by atoms with van der Waals surface area (Å²) in [5.74, 6) is -1.18. The number of carbonyl (C=O) groups excluding carboxylic acids is 2. The molecule has 1 aliphatic rings. The standard InChI is InChI=1S/C19H24N4O3/c1-13(2)16-7-3-4-8-17(16)22-19(25)18(24)21-14-10-20-23(11-14)12-15-6-5-9-26-15/h3-4,7-8,10-11,13,15H,5-6,9,12H2,1-2H3,(H,21,24)(H,22,25)/t15-/m0/s1. The van der Waals surface area contributed by atoms with Crippen molar-refractivity contribution >= 4 is 23.2 Å². The minimum Gasteiger partial charge on any atom is -0.376 e. The van der Waals surface area contributed by atoms with Crippen LogP contribution in [0.1, 0.15) is 38.2 Å². The number of aromatic nitrogens is 2. The first-order chi connectivity index (χ1) is 12.5. The molecule has 2 amide bonds. The summed E-state index contributed by atoms with van der Waals surface area (Å²) in [5, 5.41) is 9.46. The van der Waals surface area contributed by atoms with Crippen molar-refractivity contribution in [3.05, 3.63) is 42.2 Å². The number of para-hydroxylation sites is 1. The Balaban J connectivity index is 1.58. The molecule has 26 heavy (non-hydrogen) atoms. The lowest BCUT2D eigenvalue weighted by molar-refractivity contribution is -0.133. The minimum atomic E-state index is -0.722. The summed E-state index contributed by atoms with van der Waals surface area (Å²) < 4.78 is 7.29. The van der Waals surface area contributed by atoms with Crippen LogP contribution in [0.15, 0.2) is 36.7 Å². The van der Waals surface area contributed by atoms with Crippen LogP contribution >= 0.6 is 0 Å². The zero-order chi connectivity index (χ0) is 18.5. The van der Waals surface area contributed by atoms with Crippen LogP contribution in [0.3, 0.4) is 0 Å². The maximum atomic E-state index is 12.2. The number of amides is 2. The van der Waals surface area contributed by atoms with Crippen molar-refractivity contribution < 1.29 is 14.3 Å². The van der Waals surface area contributed by atoms with Gasteiger partial charge in [0.15, 0.2) is 0 Å². The Morgan fingerprint density at radius 2 is 2.04 bits per heavy atom. The van der Waals surface area contributed by atoms with E-state index in [4.69, 9.17) is 4.74 Å². The highest BCUT2D eigenvalue weighted by Gasteiger charge is 2.19. The third-order valence-corrected chi connectivity index (χ3v) is 4.34. The molecule has 0 saturated carbocycles. The van der Waals surface area contributed by atoms with E-state index >= 15 is 0 Å². The summed E-state index contributed by atoms with van der Waals surface area (Å²) in [6.45, 7) is 5.50. The third kappa shape index (κ3) is 4.49. The molecule has 1 aromatic heterocycles. The first-order valence-electron chi connectivity index (χ1n) is 8.88. The highest BCUT2D eigenvalue weighted by molar-refractivity contribution is 6.43. The SMILES string of the molecule is CC(C)c1ccccc1NC(=O)C(=O)Nc1cnn(C[C@@H]2CCCO2)c1. The summed E-state index contributed by atoms with van der Waals surface area (Å²) in [7, 11) is 0. The van der Waals surface area contributed by atoms with Gasteiger partial charge in [-0.1, -0.05) is 32.0 Å². The lowest BCUT2D eigenvalue weighted by Gasteiger charge is -2.13. The normalized spacial score (nSPS) is 16.7. The van der Waals surface area contributed by atoms with Crippen LogP contribution in [0.4, 0.5) is 11.4 Å². The minimum absolute atomic E-state index is 0.161. The first kappa shape index (κ1) is 18.1. The number of nitrogens with zero attached hydrogens (tertiary/aromatic N) is 2. The number of nitrogens with one attached hydrogen (secondary N) is 2. The number of ether oxygens (including phenoxy) is 1. The fourth-order valence-corrected chi connectivity index (χ4v) is 3.01. The van der Waals surface area contributed by atoms with E-state index in [0.29, 0.717) is 17.9 Å². The Kier molecular flexibility index (Phi) is 5.68. The summed E-state index contributed by atoms with van der Waals surface area (Å²) in [6, 6.07) is 7.47. The molecule has 1 aromatic carbocycles. The Hall–Kier alpha value is -2.67. The highest BCUT2D eigenvalue weighted by Crippen LogP contribution is 2.23. The van der Waals surface area contributed by atoms with Crippen molar-refractivity contribution in [3.63, 3.8) is 0 Å². The van der Waals surface area contributed by atoms with Crippen LogP contribution < -0.4 is 10.6 Å². The van der Waals surface area contributed by atoms with Crippen LogP contribution in [0.2, 0.25) is 0 Å². The molecule has 0 unspecified atom stereocenters. The predicted octanol–water partition coefficient (Wildman–Crippen LogP) is 2.76. The molecular weight excluding hydrogens is 332 g/mol. The number of hydrogen-bond acceptors (Lipinski definition) is 4. The van der Waals surface area contributed by atoms with Crippen LogP contribution in [0.25, 0.3) is 0 Å². The van der Waals surface area contributed by atoms with Crippen molar-refractivity contribution in [1.82, 2.24) is 9.78 Å². The van der Waals surface area contributed by atoms with Crippen molar-refractivity contribution in [2.24, 2.45) is 0 Å². The van der Waals surface area contributed by atoms with Crippen LogP contribution in [-0.4, -0.2) is 34.3 Å². The highest BCUT2D eigenvalue weighted by atomic mass is 16.5. The second kappa shape index (κ2) is 8.14. The topological polar surface area (TPSA) is 85.3 Å². The molecule has 138 valence electrons. The van der Waals surface area contributed by atoms with Crippen molar-refractivity contribution in [1.29, 1.82) is 0 Å². The smallest absolute Gasteiger partial charge is 0.314 e. The molecular formula is C19H24N4O3. The summed E-state index contributed by atoms with van der Waals surface area (Å²) in [4.78, 5) is 24.4. The maximum Gasteiger partial charge on any atom is 0.314 e. The second-order valence-electron chi connectivity index (χ2n) is 6.74. The molecule has 0 radical (unpaired) electrons. The molecule has 7 nitrogen and oxygen atoms in total. The van der Waals surface area contributed by atoms with Crippen LogP contribution in [-0.2, 0) is 20.9 Å². The van der Waals surface area contributed by atoms with Gasteiger partial charge in [-0.15, -0.1) is 0 Å². The molecule has 1 saturated heterocycles. The molecule has 7 heteroatoms. The summed E-state index contributed by atoms with van der Waals surface area (Å²) >= 11 is 0. The fourth-order valence-electron chi connectivity index (χ4n) is 3.01. The average Bonchev–Trinajstić information content (AvgIpc) is 3.27. The Bertz CT molecular complexity index is 779. The number of hydrogen-bond donors (Lipinski definition) is 2. The van der Waals surface area contributed by atoms with Gasteiger partial charge in [-0.25, -0.2) is 0 Å². The largest absolute Gasteiger partial charge is 0.376 e. The van der Waals surface area contributed by atoms with E-state index in [9.17, 15) is 9.59 Å². The summed E-state index contributed by atoms with van der Waals surface area (Å²) in [6.07, 6.45) is 5.47. The molecule has 1 fully saturated rings. The Morgan fingerprint density at radius 1 is 1.27 bits per heavy atom. The van der Waals surface area contributed by atoms with Gasteiger partial charge < -0.3 is 15.4 Å². The number of rotatable bonds is 5. The first-order valence-corrected chi connectivity index (χ1v) is 8.88. The van der Waals surface area contributed by atoms with Crippen molar-refractivity contribution in [2.75, 3.05) is 17.2 Å². The summed E-state index contributed by atoms with van der Waals surface area (Å²) in [5.41, 5.74) is 2.12. The molecule has 2 aromatic rings. The van der Waals surface area contributed by atoms with Gasteiger partial charge in [0.25, 0.3) is 0 Å². The van der Waals surface area contributed by atoms with Gasteiger partial charge in [-0.3, -0.25) is 14.3 Å². The fraction of sp³-hybridized carbons (Fsp3) is 0.421. The molecule has 0 bridgehead atoms. The molecule has 2 N–H and O–H groups in total. The number of anilines is 2. The predicted molar refractivity (Wildman–Crippen MR) is 99.0 cm³/mol. The van der Waals surface area contributed by atoms with Crippen LogP contribution in [0.5, 0.6) is 0 Å². The van der Waals surface area contributed by atoms with Crippen molar-refractivity contribution in [2.45, 2.75) is 45.3 Å². The van der Waals surface area contributed by atoms with Gasteiger partial charge in [0, 0.05) is 18.5 Å². The molecule has 2 heterocycles. The van der Waals surface area contributed by atoms with Gasteiger partial charge in [0.2, 0.25) is 0 Å². The Morgan fingerprint density at radius 3 is 2.77 bits per heavy atom. The lowest BCUT2D eigenvalue weighted by atomic mass is 10.0. The molecule has 0 spiro atoms. The average molecular weight is 356 g/mol. The zero-order valence-electron chi connectivity index (χ0n) is 15.1. The zero-order valence-corrected chi connectivity index (χ0v) is 15.1.